The Morgan fingerprint density at radius 2 is 1.95 bits per heavy atom. The number of rotatable bonds is 8. The highest BCUT2D eigenvalue weighted by atomic mass is 32.2. The molecule has 0 radical (unpaired) electrons. The molecule has 1 N–H and O–H groups in total. The van der Waals surface area contributed by atoms with E-state index in [0.29, 0.717) is 6.54 Å². The number of anilines is 1. The first kappa shape index (κ1) is 15.9. The molecule has 0 aliphatic carbocycles. The molecule has 0 saturated heterocycles. The van der Waals surface area contributed by atoms with Crippen LogP contribution in [0.25, 0.3) is 0 Å². The predicted molar refractivity (Wildman–Crippen MR) is 76.7 cm³/mol. The lowest BCUT2D eigenvalue weighted by Crippen LogP contribution is -2.41. The number of hydrogen-bond acceptors (Lipinski definition) is 3. The van der Waals surface area contributed by atoms with Crippen LogP contribution in [-0.2, 0) is 10.0 Å². The summed E-state index contributed by atoms with van der Waals surface area (Å²) in [5.74, 6) is -0.161. The lowest BCUT2D eigenvalue weighted by Gasteiger charge is -2.27. The zero-order valence-corrected chi connectivity index (χ0v) is 12.2. The van der Waals surface area contributed by atoms with Crippen molar-refractivity contribution < 1.29 is 12.8 Å². The van der Waals surface area contributed by atoms with E-state index in [9.17, 15) is 12.8 Å². The fourth-order valence-electron chi connectivity index (χ4n) is 1.62. The molecule has 0 fully saturated rings. The lowest BCUT2D eigenvalue weighted by atomic mass is 10.2. The monoisotopic (exact) mass is 288 g/mol. The minimum atomic E-state index is -3.37. The van der Waals surface area contributed by atoms with E-state index in [0.717, 1.165) is 5.69 Å². The van der Waals surface area contributed by atoms with E-state index < -0.39 is 16.7 Å². The van der Waals surface area contributed by atoms with Crippen molar-refractivity contribution in [2.24, 2.45) is 0 Å². The van der Waals surface area contributed by atoms with Gasteiger partial charge in [-0.05, 0) is 25.5 Å². The third-order valence-corrected chi connectivity index (χ3v) is 4.40. The Balaban J connectivity index is 2.49. The maximum absolute atomic E-state index is 12.0. The quantitative estimate of drug-likeness (QED) is 0.793. The average molecular weight is 288 g/mol. The topological polar surface area (TPSA) is 49.4 Å². The third-order valence-electron chi connectivity index (χ3n) is 2.97. The normalized spacial score (nSPS) is 13.2. The van der Waals surface area contributed by atoms with E-state index in [1.54, 1.807) is 0 Å². The van der Waals surface area contributed by atoms with Crippen molar-refractivity contribution in [2.45, 2.75) is 19.4 Å². The molecular weight excluding hydrogens is 267 g/mol. The molecule has 4 nitrogen and oxygen atoms in total. The molecule has 1 aromatic rings. The molecule has 1 rings (SSSR count). The molecule has 1 atom stereocenters. The van der Waals surface area contributed by atoms with Gasteiger partial charge in [0.15, 0.2) is 0 Å². The minimum Gasteiger partial charge on any atom is -0.371 e. The zero-order valence-electron chi connectivity index (χ0n) is 11.3. The zero-order chi connectivity index (χ0) is 14.3. The van der Waals surface area contributed by atoms with Gasteiger partial charge in [-0.15, -0.1) is 0 Å². The highest BCUT2D eigenvalue weighted by Crippen LogP contribution is 2.13. The number of para-hydroxylation sites is 1. The van der Waals surface area contributed by atoms with Gasteiger partial charge in [-0.1, -0.05) is 18.2 Å². The van der Waals surface area contributed by atoms with Crippen LogP contribution in [0.1, 0.15) is 13.3 Å². The molecule has 0 aliphatic rings. The van der Waals surface area contributed by atoms with Crippen molar-refractivity contribution in [1.29, 1.82) is 0 Å². The Hall–Kier alpha value is -1.14. The summed E-state index contributed by atoms with van der Waals surface area (Å²) in [5.41, 5.74) is 1.03. The van der Waals surface area contributed by atoms with Gasteiger partial charge >= 0.3 is 0 Å². The fourth-order valence-corrected chi connectivity index (χ4v) is 2.75. The smallest absolute Gasteiger partial charge is 0.211 e. The Labute approximate surface area is 114 Å². The number of alkyl halides is 1. The first-order chi connectivity index (χ1) is 8.96. The standard InChI is InChI=1S/C13H21FN2O2S/c1-12(11-15-19(17,18)10-6-9-14)16(2)13-7-4-3-5-8-13/h3-5,7-8,12,15H,6,9-11H2,1-2H3. The van der Waals surface area contributed by atoms with E-state index in [-0.39, 0.29) is 18.2 Å². The van der Waals surface area contributed by atoms with Gasteiger partial charge in [0, 0.05) is 25.3 Å². The number of nitrogens with zero attached hydrogens (tertiary/aromatic N) is 1. The van der Waals surface area contributed by atoms with Crippen LogP contribution in [0.15, 0.2) is 30.3 Å². The van der Waals surface area contributed by atoms with Gasteiger partial charge < -0.3 is 4.90 Å². The Kier molecular flexibility index (Phi) is 6.24. The number of benzene rings is 1. The summed E-state index contributed by atoms with van der Waals surface area (Å²) in [6.07, 6.45) is 0.0399. The number of likely N-dealkylation sites (N-methyl/N-ethyl adjacent to an activating group) is 1. The molecule has 1 unspecified atom stereocenters. The highest BCUT2D eigenvalue weighted by Gasteiger charge is 2.14. The molecule has 0 spiro atoms. The number of hydrogen-bond donors (Lipinski definition) is 1. The van der Waals surface area contributed by atoms with Gasteiger partial charge in [0.1, 0.15) is 0 Å². The summed E-state index contributed by atoms with van der Waals surface area (Å²) in [6.45, 7) is 1.63. The van der Waals surface area contributed by atoms with Crippen molar-refractivity contribution in [3.8, 4) is 0 Å². The van der Waals surface area contributed by atoms with Crippen LogP contribution in [0.5, 0.6) is 0 Å². The van der Waals surface area contributed by atoms with Crippen molar-refractivity contribution in [3.05, 3.63) is 30.3 Å². The SMILES string of the molecule is CC(CNS(=O)(=O)CCCF)N(C)c1ccccc1. The van der Waals surface area contributed by atoms with Crippen LogP contribution >= 0.6 is 0 Å². The van der Waals surface area contributed by atoms with Crippen LogP contribution in [0.2, 0.25) is 0 Å². The van der Waals surface area contributed by atoms with Gasteiger partial charge in [0.2, 0.25) is 10.0 Å². The van der Waals surface area contributed by atoms with Crippen molar-refractivity contribution in [1.82, 2.24) is 4.72 Å². The van der Waals surface area contributed by atoms with E-state index in [1.165, 1.54) is 0 Å². The molecule has 0 saturated carbocycles. The highest BCUT2D eigenvalue weighted by molar-refractivity contribution is 7.89. The molecule has 108 valence electrons. The molecule has 0 amide bonds. The number of halogens is 1. The summed E-state index contributed by atoms with van der Waals surface area (Å²) in [4.78, 5) is 2.00. The van der Waals surface area contributed by atoms with Gasteiger partial charge in [0.05, 0.1) is 12.4 Å². The number of nitrogens with one attached hydrogen (secondary N) is 1. The molecule has 0 heterocycles. The van der Waals surface area contributed by atoms with Crippen molar-refractivity contribution in [2.75, 3.05) is 30.9 Å². The first-order valence-electron chi connectivity index (χ1n) is 6.27. The van der Waals surface area contributed by atoms with E-state index in [4.69, 9.17) is 0 Å². The van der Waals surface area contributed by atoms with Crippen LogP contribution in [-0.4, -0.2) is 40.5 Å². The van der Waals surface area contributed by atoms with Gasteiger partial charge in [-0.25, -0.2) is 13.1 Å². The van der Waals surface area contributed by atoms with Crippen LogP contribution in [0.3, 0.4) is 0 Å². The fraction of sp³-hybridized carbons (Fsp3) is 0.538. The second-order valence-corrected chi connectivity index (χ2v) is 6.43. The summed E-state index contributed by atoms with van der Waals surface area (Å²) < 4.78 is 37.6. The Morgan fingerprint density at radius 1 is 1.32 bits per heavy atom. The van der Waals surface area contributed by atoms with Crippen molar-refractivity contribution in [3.63, 3.8) is 0 Å². The maximum atomic E-state index is 12.0. The second kappa shape index (κ2) is 7.45. The Bertz CT molecular complexity index is 465. The summed E-state index contributed by atoms with van der Waals surface area (Å²) in [5, 5.41) is 0. The first-order valence-corrected chi connectivity index (χ1v) is 7.92. The van der Waals surface area contributed by atoms with Crippen LogP contribution in [0.4, 0.5) is 10.1 Å². The van der Waals surface area contributed by atoms with Crippen LogP contribution in [0, 0.1) is 0 Å². The second-order valence-electron chi connectivity index (χ2n) is 4.51. The van der Waals surface area contributed by atoms with Gasteiger partial charge in [-0.2, -0.15) is 0 Å². The van der Waals surface area contributed by atoms with E-state index in [2.05, 4.69) is 4.72 Å². The molecule has 0 bridgehead atoms. The maximum Gasteiger partial charge on any atom is 0.211 e. The van der Waals surface area contributed by atoms with E-state index >= 15 is 0 Å². The molecule has 0 aromatic heterocycles. The van der Waals surface area contributed by atoms with E-state index in [1.807, 2.05) is 49.2 Å². The third kappa shape index (κ3) is 5.57. The minimum absolute atomic E-state index is 0.0163. The molecular formula is C13H21FN2O2S. The van der Waals surface area contributed by atoms with Crippen molar-refractivity contribution >= 4 is 15.7 Å². The largest absolute Gasteiger partial charge is 0.371 e. The summed E-state index contributed by atoms with van der Waals surface area (Å²) in [6, 6.07) is 9.75. The molecule has 1 aromatic carbocycles. The van der Waals surface area contributed by atoms with Crippen LogP contribution < -0.4 is 9.62 Å². The lowest BCUT2D eigenvalue weighted by molar-refractivity contribution is 0.482. The van der Waals surface area contributed by atoms with Gasteiger partial charge in [-0.3, -0.25) is 4.39 Å². The molecule has 0 aliphatic heterocycles. The summed E-state index contributed by atoms with van der Waals surface area (Å²) >= 11 is 0. The average Bonchev–Trinajstić information content (AvgIpc) is 2.43. The van der Waals surface area contributed by atoms with Gasteiger partial charge in [0.25, 0.3) is 0 Å². The molecule has 6 heteroatoms. The Morgan fingerprint density at radius 3 is 2.53 bits per heavy atom. The summed E-state index contributed by atoms with van der Waals surface area (Å²) in [7, 11) is -1.46. The number of sulfonamides is 1. The predicted octanol–water partition coefficient (Wildman–Crippen LogP) is 1.79. The molecule has 19 heavy (non-hydrogen) atoms.